The lowest BCUT2D eigenvalue weighted by Gasteiger charge is -2.41. The lowest BCUT2D eigenvalue weighted by atomic mass is 9.62. The largest absolute Gasteiger partial charge is 0.276 e. The van der Waals surface area contributed by atoms with Crippen molar-refractivity contribution in [3.05, 3.63) is 88.2 Å². The lowest BCUT2D eigenvalue weighted by molar-refractivity contribution is -0.107. The third-order valence-corrected chi connectivity index (χ3v) is 4.27. The van der Waals surface area contributed by atoms with E-state index in [0.717, 1.165) is 28.3 Å². The van der Waals surface area contributed by atoms with Gasteiger partial charge in [-0.25, -0.2) is 0 Å². The Kier molecular flexibility index (Phi) is 2.39. The van der Waals surface area contributed by atoms with Gasteiger partial charge in [0.1, 0.15) is 0 Å². The predicted octanol–water partition coefficient (Wildman–Crippen LogP) is 4.51. The molecule has 5 rings (SSSR count). The molecule has 0 heterocycles. The highest BCUT2D eigenvalue weighted by atomic mass is 35.5. The van der Waals surface area contributed by atoms with Gasteiger partial charge in [-0.05, 0) is 45.8 Å². The summed E-state index contributed by atoms with van der Waals surface area (Å²) >= 11 is 5.40. The molecule has 21 heavy (non-hydrogen) atoms. The Morgan fingerprint density at radius 1 is 1.10 bits per heavy atom. The Morgan fingerprint density at radius 2 is 1.62 bits per heavy atom. The van der Waals surface area contributed by atoms with Gasteiger partial charge in [-0.1, -0.05) is 48.5 Å². The van der Waals surface area contributed by atoms with Crippen molar-refractivity contribution in [1.82, 2.24) is 0 Å². The molecule has 0 spiro atoms. The van der Waals surface area contributed by atoms with E-state index in [1.54, 1.807) is 0 Å². The number of benzene rings is 2. The fraction of sp³-hybridized carbons (Fsp3) is 0.158. The zero-order chi connectivity index (χ0) is 16.2. The van der Waals surface area contributed by atoms with Gasteiger partial charge in [-0.3, -0.25) is 4.79 Å². The second-order valence-electron chi connectivity index (χ2n) is 5.27. The topological polar surface area (TPSA) is 17.1 Å². The number of hydrogen-bond acceptors (Lipinski definition) is 1. The molecule has 0 aromatic heterocycles. The highest BCUT2D eigenvalue weighted by Crippen LogP contribution is 2.54. The highest BCUT2D eigenvalue weighted by molar-refractivity contribution is 6.66. The van der Waals surface area contributed by atoms with Crippen molar-refractivity contribution in [2.45, 2.75) is 18.2 Å². The zero-order valence-corrected chi connectivity index (χ0v) is 11.9. The molecule has 0 saturated heterocycles. The van der Waals surface area contributed by atoms with E-state index in [4.69, 9.17) is 14.3 Å². The third kappa shape index (κ3) is 1.90. The number of carbonyl (C=O) groups excluding carboxylic acids is 1. The smallest absolute Gasteiger partial charge is 0.252 e. The van der Waals surface area contributed by atoms with Crippen LogP contribution in [0.25, 0.3) is 0 Å². The van der Waals surface area contributed by atoms with Crippen LogP contribution in [-0.2, 0) is 4.79 Å². The van der Waals surface area contributed by atoms with E-state index in [9.17, 15) is 4.79 Å². The van der Waals surface area contributed by atoms with Gasteiger partial charge < -0.3 is 0 Å². The fourth-order valence-corrected chi connectivity index (χ4v) is 3.43. The molecule has 102 valence electrons. The first-order chi connectivity index (χ1) is 11.0. The maximum Gasteiger partial charge on any atom is 0.252 e. The van der Waals surface area contributed by atoms with Crippen molar-refractivity contribution in [3.63, 3.8) is 0 Å². The summed E-state index contributed by atoms with van der Waals surface area (Å²) in [6.45, 7) is 0. The maximum absolute atomic E-state index is 11.1. The van der Waals surface area contributed by atoms with Crippen LogP contribution >= 0.6 is 11.6 Å². The van der Waals surface area contributed by atoms with Crippen LogP contribution < -0.4 is 0 Å². The molecular formula is C19H13ClO. The molecule has 2 aromatic rings. The Hall–Kier alpha value is -2.08. The summed E-state index contributed by atoms with van der Waals surface area (Å²) < 4.78 is 17.3. The number of hydrogen-bond donors (Lipinski definition) is 0. The summed E-state index contributed by atoms with van der Waals surface area (Å²) in [6, 6.07) is 15.9. The second-order valence-corrected chi connectivity index (χ2v) is 5.65. The van der Waals surface area contributed by atoms with E-state index in [1.807, 2.05) is 48.5 Å². The standard InChI is InChI=1S/C19H13ClO/c20-18(21)10-9-12-11-17-13-5-1-3-7-15(13)19(12)16-8-4-2-6-14(16)17/h1-8,10,17,19H,11H2/i11D2. The van der Waals surface area contributed by atoms with E-state index >= 15 is 0 Å². The van der Waals surface area contributed by atoms with Crippen LogP contribution in [0.5, 0.6) is 0 Å². The Morgan fingerprint density at radius 3 is 2.14 bits per heavy atom. The summed E-state index contributed by atoms with van der Waals surface area (Å²) in [7, 11) is 0. The van der Waals surface area contributed by atoms with Crippen molar-refractivity contribution in [2.24, 2.45) is 0 Å². The summed E-state index contributed by atoms with van der Waals surface area (Å²) in [5, 5.41) is -0.642. The number of halogens is 1. The molecule has 2 bridgehead atoms. The minimum Gasteiger partial charge on any atom is -0.276 e. The van der Waals surface area contributed by atoms with Crippen molar-refractivity contribution in [1.29, 1.82) is 0 Å². The first kappa shape index (κ1) is 10.6. The zero-order valence-electron chi connectivity index (χ0n) is 13.1. The first-order valence-corrected chi connectivity index (χ1v) is 7.24. The second kappa shape index (κ2) is 4.73. The molecule has 0 radical (unpaired) electrons. The van der Waals surface area contributed by atoms with Crippen molar-refractivity contribution < 1.29 is 7.54 Å². The minimum absolute atomic E-state index is 0.227. The highest BCUT2D eigenvalue weighted by Gasteiger charge is 2.39. The Bertz CT molecular complexity index is 846. The van der Waals surface area contributed by atoms with E-state index in [1.165, 1.54) is 0 Å². The lowest BCUT2D eigenvalue weighted by Crippen LogP contribution is -2.26. The van der Waals surface area contributed by atoms with Gasteiger partial charge in [0.05, 0.1) is 0 Å². The number of rotatable bonds is 1. The third-order valence-electron chi connectivity index (χ3n) is 4.17. The van der Waals surface area contributed by atoms with Gasteiger partial charge >= 0.3 is 0 Å². The molecule has 2 aromatic carbocycles. The van der Waals surface area contributed by atoms with Crippen LogP contribution in [0.1, 0.15) is 43.2 Å². The van der Waals surface area contributed by atoms with Crippen LogP contribution in [0, 0.1) is 0 Å². The summed E-state index contributed by atoms with van der Waals surface area (Å²) in [5.41, 5.74) is 7.55. The SMILES string of the molecule is [2H]C1([2H])C(=C=CC(=O)Cl)C2c3ccccc3C1c1ccccc12. The molecule has 3 aliphatic carbocycles. The van der Waals surface area contributed by atoms with Crippen LogP contribution in [0.4, 0.5) is 0 Å². The van der Waals surface area contributed by atoms with Crippen molar-refractivity contribution >= 4 is 16.8 Å². The van der Waals surface area contributed by atoms with E-state index in [2.05, 4.69) is 5.73 Å². The average Bonchev–Trinajstić information content (AvgIpc) is 2.53. The predicted molar refractivity (Wildman–Crippen MR) is 83.6 cm³/mol. The average molecular weight is 295 g/mol. The number of carbonyl (C=O) groups is 1. The first-order valence-electron chi connectivity index (χ1n) is 7.86. The van der Waals surface area contributed by atoms with Gasteiger partial charge in [-0.2, -0.15) is 0 Å². The van der Waals surface area contributed by atoms with Gasteiger partial charge in [0.25, 0.3) is 5.24 Å². The molecular weight excluding hydrogens is 280 g/mol. The van der Waals surface area contributed by atoms with Crippen molar-refractivity contribution in [2.75, 3.05) is 0 Å². The minimum atomic E-state index is -1.60. The molecule has 3 aliphatic rings. The summed E-state index contributed by atoms with van der Waals surface area (Å²) in [4.78, 5) is 11.1. The van der Waals surface area contributed by atoms with Crippen LogP contribution in [0.3, 0.4) is 0 Å². The molecule has 2 heteroatoms. The molecule has 0 fully saturated rings. The van der Waals surface area contributed by atoms with Gasteiger partial charge in [0.15, 0.2) is 0 Å². The number of fused-ring (bicyclic) bond motifs is 1. The summed E-state index contributed by atoms with van der Waals surface area (Å²) in [5.74, 6) is -0.615. The maximum atomic E-state index is 11.1. The molecule has 0 saturated carbocycles. The number of allylic oxidation sites excluding steroid dienone is 1. The molecule has 0 aliphatic heterocycles. The fourth-order valence-electron chi connectivity index (χ4n) is 3.37. The Labute approximate surface area is 131 Å². The normalized spacial score (nSPS) is 25.1. The monoisotopic (exact) mass is 294 g/mol. The van der Waals surface area contributed by atoms with E-state index in [0.29, 0.717) is 5.57 Å². The van der Waals surface area contributed by atoms with E-state index < -0.39 is 11.6 Å². The molecule has 0 atom stereocenters. The van der Waals surface area contributed by atoms with Gasteiger partial charge in [0, 0.05) is 20.7 Å². The molecule has 0 N–H and O–H groups in total. The molecule has 1 nitrogen and oxygen atoms in total. The Balaban J connectivity index is 2.09. The quantitative estimate of drug-likeness (QED) is 0.429. The van der Waals surface area contributed by atoms with Crippen LogP contribution in [0.2, 0.25) is 0 Å². The summed E-state index contributed by atoms with van der Waals surface area (Å²) in [6.07, 6.45) is -0.475. The van der Waals surface area contributed by atoms with Gasteiger partial charge in [0.2, 0.25) is 0 Å². The van der Waals surface area contributed by atoms with Gasteiger partial charge in [-0.15, -0.1) is 5.73 Å². The van der Waals surface area contributed by atoms with Crippen LogP contribution in [0.15, 0.2) is 65.9 Å². The molecule has 0 amide bonds. The molecule has 0 unspecified atom stereocenters. The van der Waals surface area contributed by atoms with Crippen molar-refractivity contribution in [3.8, 4) is 0 Å². The van der Waals surface area contributed by atoms with Crippen LogP contribution in [-0.4, -0.2) is 5.24 Å². The van der Waals surface area contributed by atoms with E-state index in [-0.39, 0.29) is 11.8 Å².